The van der Waals surface area contributed by atoms with Gasteiger partial charge in [-0.3, -0.25) is 4.79 Å². The zero-order valence-corrected chi connectivity index (χ0v) is 20.7. The average Bonchev–Trinajstić information content (AvgIpc) is 3.46. The average molecular weight is 523 g/mol. The van der Waals surface area contributed by atoms with Gasteiger partial charge in [-0.05, 0) is 50.2 Å². The van der Waals surface area contributed by atoms with E-state index in [0.717, 1.165) is 34.4 Å². The number of aromatic nitrogens is 3. The lowest BCUT2D eigenvalue weighted by Gasteiger charge is -2.17. The summed E-state index contributed by atoms with van der Waals surface area (Å²) in [6.45, 7) is 3.58. The Balaban J connectivity index is 1.35. The van der Waals surface area contributed by atoms with Crippen LogP contribution < -0.4 is 10.1 Å². The number of rotatable bonds is 6. The quantitative estimate of drug-likeness (QED) is 0.262. The number of para-hydroxylation sites is 1. The number of alkyl halides is 3. The Morgan fingerprint density at radius 1 is 1.00 bits per heavy atom. The molecule has 1 amide bonds. The smallest absolute Gasteiger partial charge is 0.418 e. The van der Waals surface area contributed by atoms with E-state index in [-0.39, 0.29) is 17.9 Å². The molecular formula is C27H21F3N4O2S. The summed E-state index contributed by atoms with van der Waals surface area (Å²) < 4.78 is 56.7. The molecule has 0 unspecified atom stereocenters. The van der Waals surface area contributed by atoms with E-state index in [9.17, 15) is 18.0 Å². The molecule has 2 heterocycles. The van der Waals surface area contributed by atoms with Crippen LogP contribution in [0.5, 0.6) is 5.75 Å². The highest BCUT2D eigenvalue weighted by Gasteiger charge is 2.34. The Hall–Kier alpha value is -4.18. The first-order chi connectivity index (χ1) is 17.7. The zero-order chi connectivity index (χ0) is 26.2. The predicted molar refractivity (Wildman–Crippen MR) is 136 cm³/mol. The van der Waals surface area contributed by atoms with Crippen molar-refractivity contribution in [1.29, 1.82) is 0 Å². The molecule has 0 atom stereocenters. The minimum Gasteiger partial charge on any atom is -0.489 e. The van der Waals surface area contributed by atoms with Crippen LogP contribution in [0, 0.1) is 13.8 Å². The van der Waals surface area contributed by atoms with Crippen molar-refractivity contribution in [3.8, 4) is 11.4 Å². The Bertz CT molecular complexity index is 1610. The van der Waals surface area contributed by atoms with Gasteiger partial charge in [-0.1, -0.05) is 30.3 Å². The number of ether oxygens (including phenoxy) is 1. The van der Waals surface area contributed by atoms with Gasteiger partial charge in [0.15, 0.2) is 0 Å². The molecule has 0 aliphatic heterocycles. The number of nitrogens with one attached hydrogen (secondary N) is 1. The highest BCUT2D eigenvalue weighted by Crippen LogP contribution is 2.35. The van der Waals surface area contributed by atoms with Crippen LogP contribution in [0.15, 0.2) is 72.8 Å². The third kappa shape index (κ3) is 4.92. The normalized spacial score (nSPS) is 11.6. The zero-order valence-electron chi connectivity index (χ0n) is 19.8. The first-order valence-electron chi connectivity index (χ1n) is 11.3. The fourth-order valence-electron chi connectivity index (χ4n) is 4.27. The second-order valence-electron chi connectivity index (χ2n) is 8.45. The molecule has 1 N–H and O–H groups in total. The Labute approximate surface area is 214 Å². The van der Waals surface area contributed by atoms with Crippen LogP contribution in [0.25, 0.3) is 16.7 Å². The van der Waals surface area contributed by atoms with Crippen LogP contribution in [0.3, 0.4) is 0 Å². The molecule has 37 heavy (non-hydrogen) atoms. The number of benzene rings is 3. The largest absolute Gasteiger partial charge is 0.489 e. The number of aryl methyl sites for hydroxylation is 1. The lowest BCUT2D eigenvalue weighted by atomic mass is 10.1. The number of nitrogens with zero attached hydrogens (tertiary/aromatic N) is 3. The number of amides is 1. The van der Waals surface area contributed by atoms with Crippen molar-refractivity contribution in [1.82, 2.24) is 13.3 Å². The number of carbonyl (C=O) groups is 1. The van der Waals surface area contributed by atoms with Crippen molar-refractivity contribution < 1.29 is 22.7 Å². The maximum atomic E-state index is 13.6. The van der Waals surface area contributed by atoms with E-state index in [1.54, 1.807) is 50.2 Å². The maximum absolute atomic E-state index is 13.6. The van der Waals surface area contributed by atoms with Crippen LogP contribution in [0.4, 0.5) is 18.9 Å². The summed E-state index contributed by atoms with van der Waals surface area (Å²) in [6, 6.07) is 19.5. The standard InChI is InChI=1S/C27H21F3N4O2S/c1-16-13-21(17(2)34(16)24-12-4-3-10-22(24)27(28,29)30)26(35)31-19-8-6-9-20(14-19)36-15-18-7-5-11-23-25(18)33-37-32-23/h3-14H,15H2,1-2H3,(H,31,35). The van der Waals surface area contributed by atoms with E-state index in [2.05, 4.69) is 14.1 Å². The summed E-state index contributed by atoms with van der Waals surface area (Å²) >= 11 is 1.14. The van der Waals surface area contributed by atoms with Crippen molar-refractivity contribution in [2.75, 3.05) is 5.32 Å². The van der Waals surface area contributed by atoms with Crippen LogP contribution in [0.1, 0.15) is 32.9 Å². The first kappa shape index (κ1) is 24.5. The third-order valence-electron chi connectivity index (χ3n) is 5.98. The molecule has 0 radical (unpaired) electrons. The summed E-state index contributed by atoms with van der Waals surface area (Å²) in [5.41, 5.74) is 3.41. The van der Waals surface area contributed by atoms with Gasteiger partial charge in [0, 0.05) is 28.7 Å². The Morgan fingerprint density at radius 2 is 1.78 bits per heavy atom. The lowest BCUT2D eigenvalue weighted by molar-refractivity contribution is -0.137. The van der Waals surface area contributed by atoms with E-state index in [1.165, 1.54) is 16.7 Å². The van der Waals surface area contributed by atoms with Crippen molar-refractivity contribution in [3.63, 3.8) is 0 Å². The van der Waals surface area contributed by atoms with Gasteiger partial charge in [-0.25, -0.2) is 0 Å². The van der Waals surface area contributed by atoms with Gasteiger partial charge in [0.1, 0.15) is 23.4 Å². The molecule has 5 rings (SSSR count). The van der Waals surface area contributed by atoms with Gasteiger partial charge < -0.3 is 14.6 Å². The first-order valence-corrected chi connectivity index (χ1v) is 12.1. The lowest BCUT2D eigenvalue weighted by Crippen LogP contribution is -2.15. The minimum absolute atomic E-state index is 0.0234. The van der Waals surface area contributed by atoms with Crippen molar-refractivity contribution in [3.05, 3.63) is 101 Å². The van der Waals surface area contributed by atoms with Crippen LogP contribution in [-0.2, 0) is 12.8 Å². The second kappa shape index (κ2) is 9.70. The van der Waals surface area contributed by atoms with E-state index >= 15 is 0 Å². The van der Waals surface area contributed by atoms with Crippen molar-refractivity contribution in [2.45, 2.75) is 26.6 Å². The highest BCUT2D eigenvalue weighted by molar-refractivity contribution is 7.00. The predicted octanol–water partition coefficient (Wildman–Crippen LogP) is 6.95. The van der Waals surface area contributed by atoms with Crippen LogP contribution in [-0.4, -0.2) is 19.2 Å². The number of carbonyl (C=O) groups excluding carboxylic acids is 1. The van der Waals surface area contributed by atoms with E-state index in [1.807, 2.05) is 18.2 Å². The molecule has 6 nitrogen and oxygen atoms in total. The third-order valence-corrected chi connectivity index (χ3v) is 6.52. The molecule has 188 valence electrons. The molecule has 3 aromatic carbocycles. The fraction of sp³-hybridized carbons (Fsp3) is 0.148. The fourth-order valence-corrected chi connectivity index (χ4v) is 4.84. The summed E-state index contributed by atoms with van der Waals surface area (Å²) in [5, 5.41) is 2.82. The Morgan fingerprint density at radius 3 is 2.59 bits per heavy atom. The van der Waals surface area contributed by atoms with Crippen molar-refractivity contribution in [2.24, 2.45) is 0 Å². The van der Waals surface area contributed by atoms with E-state index in [4.69, 9.17) is 4.74 Å². The van der Waals surface area contributed by atoms with Gasteiger partial charge in [-0.2, -0.15) is 21.9 Å². The van der Waals surface area contributed by atoms with Gasteiger partial charge in [-0.15, -0.1) is 0 Å². The number of anilines is 1. The molecule has 0 aliphatic carbocycles. The Kier molecular flexibility index (Phi) is 6.43. The topological polar surface area (TPSA) is 69.0 Å². The monoisotopic (exact) mass is 522 g/mol. The molecule has 0 saturated carbocycles. The summed E-state index contributed by atoms with van der Waals surface area (Å²) in [4.78, 5) is 13.1. The number of hydrogen-bond acceptors (Lipinski definition) is 5. The number of hydrogen-bond donors (Lipinski definition) is 1. The molecule has 5 aromatic rings. The van der Waals surface area contributed by atoms with Crippen LogP contribution in [0.2, 0.25) is 0 Å². The van der Waals surface area contributed by atoms with Gasteiger partial charge in [0.05, 0.1) is 28.5 Å². The highest BCUT2D eigenvalue weighted by atomic mass is 32.1. The van der Waals surface area contributed by atoms with Gasteiger partial charge in [0.25, 0.3) is 5.91 Å². The molecule has 0 fully saturated rings. The SMILES string of the molecule is Cc1cc(C(=O)Nc2cccc(OCc3cccc4nsnc34)c2)c(C)n1-c1ccccc1C(F)(F)F. The molecule has 2 aromatic heterocycles. The van der Waals surface area contributed by atoms with Gasteiger partial charge in [0.2, 0.25) is 0 Å². The maximum Gasteiger partial charge on any atom is 0.418 e. The molecule has 0 aliphatic rings. The number of halogens is 3. The van der Waals surface area contributed by atoms with E-state index in [0.29, 0.717) is 22.8 Å². The van der Waals surface area contributed by atoms with E-state index < -0.39 is 17.6 Å². The van der Waals surface area contributed by atoms with Gasteiger partial charge >= 0.3 is 6.18 Å². The second-order valence-corrected chi connectivity index (χ2v) is 8.98. The molecule has 10 heteroatoms. The molecule has 0 spiro atoms. The van der Waals surface area contributed by atoms with Crippen LogP contribution >= 0.6 is 11.7 Å². The van der Waals surface area contributed by atoms with Crippen molar-refractivity contribution >= 4 is 34.4 Å². The summed E-state index contributed by atoms with van der Waals surface area (Å²) in [6.07, 6.45) is -4.52. The molecular weight excluding hydrogens is 501 g/mol. The molecule has 0 bridgehead atoms. The summed E-state index contributed by atoms with van der Waals surface area (Å²) in [7, 11) is 0. The molecule has 0 saturated heterocycles. The summed E-state index contributed by atoms with van der Waals surface area (Å²) in [5.74, 6) is 0.113. The minimum atomic E-state index is -4.52. The number of fused-ring (bicyclic) bond motifs is 1.